The molecule has 0 atom stereocenters. The lowest BCUT2D eigenvalue weighted by Crippen LogP contribution is -2.28. The maximum Gasteiger partial charge on any atom is 0.127 e. The highest BCUT2D eigenvalue weighted by Gasteiger charge is 2.45. The molecule has 0 N–H and O–H groups in total. The second kappa shape index (κ2) is 13.2. The molecule has 0 bridgehead atoms. The number of terminal acetylenes is 2. The van der Waals surface area contributed by atoms with Crippen LogP contribution in [0.25, 0.3) is 11.1 Å². The van der Waals surface area contributed by atoms with E-state index in [0.29, 0.717) is 12.8 Å². The number of rotatable bonds is 10. The minimum Gasteiger partial charge on any atom is -0.457 e. The highest BCUT2D eigenvalue weighted by atomic mass is 16.5. The summed E-state index contributed by atoms with van der Waals surface area (Å²) in [5.74, 6) is 8.61. The van der Waals surface area contributed by atoms with Gasteiger partial charge < -0.3 is 9.47 Å². The molecule has 1 aliphatic carbocycles. The van der Waals surface area contributed by atoms with E-state index >= 15 is 0 Å². The van der Waals surface area contributed by atoms with Gasteiger partial charge in [0.05, 0.1) is 5.41 Å². The van der Waals surface area contributed by atoms with E-state index < -0.39 is 5.41 Å². The van der Waals surface area contributed by atoms with Crippen LogP contribution in [-0.4, -0.2) is 0 Å². The minimum absolute atomic E-state index is 0.519. The molecular weight excluding hydrogens is 572 g/mol. The van der Waals surface area contributed by atoms with E-state index in [4.69, 9.17) is 22.3 Å². The largest absolute Gasteiger partial charge is 0.457 e. The average molecular weight is 607 g/mol. The molecule has 0 aliphatic heterocycles. The van der Waals surface area contributed by atoms with Gasteiger partial charge in [-0.15, -0.1) is 24.7 Å². The summed E-state index contributed by atoms with van der Waals surface area (Å²) in [7, 11) is 0. The van der Waals surface area contributed by atoms with Crippen molar-refractivity contribution in [1.82, 2.24) is 0 Å². The molecule has 6 aromatic rings. The molecule has 47 heavy (non-hydrogen) atoms. The molecule has 0 fully saturated rings. The molecule has 2 nitrogen and oxygen atoms in total. The Bertz CT molecular complexity index is 1950. The van der Waals surface area contributed by atoms with Gasteiger partial charge in [0.25, 0.3) is 0 Å². The van der Waals surface area contributed by atoms with Crippen molar-refractivity contribution in [2.45, 2.75) is 31.1 Å². The average Bonchev–Trinajstić information content (AvgIpc) is 3.42. The van der Waals surface area contributed by atoms with E-state index in [2.05, 4.69) is 133 Å². The predicted molar refractivity (Wildman–Crippen MR) is 191 cm³/mol. The van der Waals surface area contributed by atoms with Crippen LogP contribution < -0.4 is 9.47 Å². The first-order valence-electron chi connectivity index (χ1n) is 16.0. The zero-order valence-electron chi connectivity index (χ0n) is 26.2. The second-order valence-corrected chi connectivity index (χ2v) is 11.8. The number of aryl methyl sites for hydroxylation is 2. The van der Waals surface area contributed by atoms with E-state index in [0.717, 1.165) is 35.8 Å². The normalized spacial score (nSPS) is 12.3. The Hall–Kier alpha value is -5.96. The fourth-order valence-corrected chi connectivity index (χ4v) is 6.80. The van der Waals surface area contributed by atoms with Crippen LogP contribution in [0.5, 0.6) is 23.0 Å². The third-order valence-electron chi connectivity index (χ3n) is 8.91. The van der Waals surface area contributed by atoms with Gasteiger partial charge in [-0.3, -0.25) is 0 Å². The number of hydrogen-bond donors (Lipinski definition) is 0. The van der Waals surface area contributed by atoms with Crippen LogP contribution in [0.3, 0.4) is 0 Å². The monoisotopic (exact) mass is 606 g/mol. The van der Waals surface area contributed by atoms with Crippen LogP contribution in [0.15, 0.2) is 146 Å². The van der Waals surface area contributed by atoms with Crippen molar-refractivity contribution in [3.05, 3.63) is 179 Å². The molecule has 0 unspecified atom stereocenters. The van der Waals surface area contributed by atoms with Crippen LogP contribution in [-0.2, 0) is 18.3 Å². The first-order valence-corrected chi connectivity index (χ1v) is 16.0. The quantitative estimate of drug-likeness (QED) is 0.144. The van der Waals surface area contributed by atoms with Crippen LogP contribution in [0.4, 0.5) is 0 Å². The Kier molecular flexibility index (Phi) is 8.34. The molecule has 0 heterocycles. The van der Waals surface area contributed by atoms with Crippen LogP contribution in [0.1, 0.15) is 46.2 Å². The van der Waals surface area contributed by atoms with E-state index in [1.165, 1.54) is 44.5 Å². The summed E-state index contributed by atoms with van der Waals surface area (Å²) in [6, 6.07) is 50.8. The molecule has 226 valence electrons. The third-order valence-corrected chi connectivity index (χ3v) is 8.91. The first kappa shape index (κ1) is 29.7. The summed E-state index contributed by atoms with van der Waals surface area (Å²) in [5.41, 5.74) is 9.15. The van der Waals surface area contributed by atoms with Crippen molar-refractivity contribution in [1.29, 1.82) is 0 Å². The molecule has 1 aliphatic rings. The van der Waals surface area contributed by atoms with E-state index in [-0.39, 0.29) is 0 Å². The lowest BCUT2D eigenvalue weighted by atomic mass is 9.68. The predicted octanol–water partition coefficient (Wildman–Crippen LogP) is 10.8. The summed E-state index contributed by atoms with van der Waals surface area (Å²) in [4.78, 5) is 0. The van der Waals surface area contributed by atoms with E-state index in [9.17, 15) is 0 Å². The Balaban J connectivity index is 1.26. The molecule has 0 amide bonds. The van der Waals surface area contributed by atoms with Gasteiger partial charge in [0.2, 0.25) is 0 Å². The summed E-state index contributed by atoms with van der Waals surface area (Å²) in [6.07, 6.45) is 14.0. The molecule has 0 radical (unpaired) electrons. The summed E-state index contributed by atoms with van der Waals surface area (Å²) < 4.78 is 12.6. The van der Waals surface area contributed by atoms with Crippen molar-refractivity contribution in [3.63, 3.8) is 0 Å². The highest BCUT2D eigenvalue weighted by molar-refractivity contribution is 5.86. The highest BCUT2D eigenvalue weighted by Crippen LogP contribution is 2.56. The van der Waals surface area contributed by atoms with E-state index in [1.54, 1.807) is 0 Å². The van der Waals surface area contributed by atoms with Crippen molar-refractivity contribution >= 4 is 0 Å². The van der Waals surface area contributed by atoms with Crippen molar-refractivity contribution in [2.24, 2.45) is 0 Å². The molecule has 0 saturated heterocycles. The maximum atomic E-state index is 6.32. The molecular formula is C45H34O2. The molecule has 7 rings (SSSR count). The van der Waals surface area contributed by atoms with Gasteiger partial charge in [0.1, 0.15) is 23.0 Å². The van der Waals surface area contributed by atoms with Gasteiger partial charge in [-0.1, -0.05) is 97.1 Å². The summed E-state index contributed by atoms with van der Waals surface area (Å²) in [5, 5.41) is 0. The lowest BCUT2D eigenvalue weighted by molar-refractivity contribution is 0.481. The molecule has 0 saturated carbocycles. The first-order chi connectivity index (χ1) is 23.2. The lowest BCUT2D eigenvalue weighted by Gasteiger charge is -2.34. The Morgan fingerprint density at radius 3 is 1.30 bits per heavy atom. The zero-order chi connectivity index (χ0) is 32.1. The standard InChI is InChI=1S/C45H34O2/c1-3-5-13-33-15-11-17-39(31-33)46-37-27-23-35(24-28-37)45(43-21-9-7-19-41(43)42-20-8-10-22-44(42)45)36-25-29-38(30-26-36)47-40-18-12-16-34(32-40)14-6-4-2/h1-2,7-12,15-32H,5-6,13-14H2. The van der Waals surface area contributed by atoms with Crippen LogP contribution >= 0.6 is 0 Å². The van der Waals surface area contributed by atoms with Gasteiger partial charge in [-0.25, -0.2) is 0 Å². The van der Waals surface area contributed by atoms with Crippen LogP contribution in [0.2, 0.25) is 0 Å². The molecule has 0 spiro atoms. The Labute approximate surface area is 277 Å². The number of fused-ring (bicyclic) bond motifs is 3. The Morgan fingerprint density at radius 1 is 0.447 bits per heavy atom. The topological polar surface area (TPSA) is 18.5 Å². The van der Waals surface area contributed by atoms with Gasteiger partial charge in [0, 0.05) is 12.8 Å². The molecule has 2 heteroatoms. The van der Waals surface area contributed by atoms with E-state index in [1.807, 2.05) is 24.3 Å². The van der Waals surface area contributed by atoms with Crippen molar-refractivity contribution in [2.75, 3.05) is 0 Å². The number of ether oxygens (including phenoxy) is 2. The third kappa shape index (κ3) is 5.79. The number of benzene rings is 6. The maximum absolute atomic E-state index is 6.32. The van der Waals surface area contributed by atoms with Crippen molar-refractivity contribution < 1.29 is 9.47 Å². The van der Waals surface area contributed by atoms with Crippen molar-refractivity contribution in [3.8, 4) is 58.8 Å². The second-order valence-electron chi connectivity index (χ2n) is 11.8. The molecule has 6 aromatic carbocycles. The SMILES string of the molecule is C#CCCc1cccc(Oc2ccc(C3(c4ccc(Oc5cccc(CCC#C)c5)cc4)c4ccccc4-c4ccccc43)cc2)c1. The smallest absolute Gasteiger partial charge is 0.127 e. The molecule has 0 aromatic heterocycles. The van der Waals surface area contributed by atoms with Crippen LogP contribution in [0, 0.1) is 24.7 Å². The van der Waals surface area contributed by atoms with Gasteiger partial charge >= 0.3 is 0 Å². The van der Waals surface area contributed by atoms with Gasteiger partial charge in [-0.05, 0) is 106 Å². The van der Waals surface area contributed by atoms with Gasteiger partial charge in [-0.2, -0.15) is 0 Å². The number of hydrogen-bond acceptors (Lipinski definition) is 2. The Morgan fingerprint density at radius 2 is 0.872 bits per heavy atom. The summed E-state index contributed by atoms with van der Waals surface area (Å²) in [6.45, 7) is 0. The van der Waals surface area contributed by atoms with Gasteiger partial charge in [0.15, 0.2) is 0 Å². The fourth-order valence-electron chi connectivity index (χ4n) is 6.80. The minimum atomic E-state index is -0.519. The fraction of sp³-hybridized carbons (Fsp3) is 0.111. The summed E-state index contributed by atoms with van der Waals surface area (Å²) >= 11 is 0. The zero-order valence-corrected chi connectivity index (χ0v) is 26.2.